The molecule has 9 heavy (non-hydrogen) atoms. The van der Waals surface area contributed by atoms with Gasteiger partial charge in [-0.2, -0.15) is 0 Å². The van der Waals surface area contributed by atoms with Crippen LogP contribution in [-0.4, -0.2) is 44.3 Å². The highest BCUT2D eigenvalue weighted by atomic mass is 16.8. The van der Waals surface area contributed by atoms with Gasteiger partial charge in [0.2, 0.25) is 0 Å². The van der Waals surface area contributed by atoms with Gasteiger partial charge >= 0.3 is 0 Å². The summed E-state index contributed by atoms with van der Waals surface area (Å²) in [6.07, 6.45) is 0. The van der Waals surface area contributed by atoms with Gasteiger partial charge in [0.15, 0.2) is 0 Å². The van der Waals surface area contributed by atoms with E-state index in [1.807, 2.05) is 0 Å². The van der Waals surface area contributed by atoms with Crippen LogP contribution in [0.2, 0.25) is 0 Å². The molecule has 0 aromatic heterocycles. The third kappa shape index (κ3) is 2.24. The third-order valence-corrected chi connectivity index (χ3v) is 0.558. The molecule has 0 aromatic rings. The first-order valence-corrected chi connectivity index (χ1v) is 1.92. The molecule has 0 fully saturated rings. The molecule has 0 amide bonds. The highest BCUT2D eigenvalue weighted by Gasteiger charge is 2.09. The number of aliphatic imine (C=N–C) groups is 1. The zero-order valence-corrected chi connectivity index (χ0v) is 4.63. The second kappa shape index (κ2) is 3.20. The highest BCUT2D eigenvalue weighted by Crippen LogP contribution is 1.83. The second-order valence-corrected chi connectivity index (χ2v) is 1.10. The fraction of sp³-hybridized carbons (Fsp3) is 0.500. The molecule has 0 spiro atoms. The van der Waals surface area contributed by atoms with Gasteiger partial charge in [-0.3, -0.25) is 20.8 Å². The number of hydroxylamine groups is 4. The van der Waals surface area contributed by atoms with E-state index in [1.165, 1.54) is 0 Å². The Morgan fingerprint density at radius 1 is 1.11 bits per heavy atom. The molecular formula is C2H7N3O4. The molecule has 0 heterocycles. The lowest BCUT2D eigenvalue weighted by atomic mass is 11.0. The molecule has 7 nitrogen and oxygen atoms in total. The van der Waals surface area contributed by atoms with Gasteiger partial charge in [0.25, 0.3) is 5.96 Å². The Balaban J connectivity index is 4.01. The number of guanidine groups is 1. The Bertz CT molecular complexity index is 100. The largest absolute Gasteiger partial charge is 0.299 e. The van der Waals surface area contributed by atoms with Crippen LogP contribution in [0, 0.1) is 0 Å². The van der Waals surface area contributed by atoms with Gasteiger partial charge in [-0.1, -0.05) is 10.5 Å². The van der Waals surface area contributed by atoms with Crippen LogP contribution in [-0.2, 0) is 0 Å². The molecule has 0 aliphatic carbocycles. The van der Waals surface area contributed by atoms with Crippen LogP contribution >= 0.6 is 0 Å². The van der Waals surface area contributed by atoms with Crippen molar-refractivity contribution in [1.82, 2.24) is 10.5 Å². The summed E-state index contributed by atoms with van der Waals surface area (Å²) in [5.74, 6) is -0.796. The van der Waals surface area contributed by atoms with Crippen LogP contribution in [0.25, 0.3) is 0 Å². The molecule has 7 heteroatoms. The van der Waals surface area contributed by atoms with Gasteiger partial charge in [0.1, 0.15) is 0 Å². The monoisotopic (exact) mass is 137 g/mol. The molecule has 0 rings (SSSR count). The number of nitrogens with zero attached hydrogens (tertiary/aromatic N) is 3. The Labute approximate surface area is 50.5 Å². The molecule has 0 saturated carbocycles. The van der Waals surface area contributed by atoms with Crippen LogP contribution in [0.15, 0.2) is 4.99 Å². The summed E-state index contributed by atoms with van der Waals surface area (Å²) < 4.78 is 0. The smallest absolute Gasteiger partial charge is 0.261 e. The Morgan fingerprint density at radius 2 is 1.44 bits per heavy atom. The quantitative estimate of drug-likeness (QED) is 0.197. The Morgan fingerprint density at radius 3 is 1.44 bits per heavy atom. The van der Waals surface area contributed by atoms with Crippen molar-refractivity contribution in [3.8, 4) is 0 Å². The van der Waals surface area contributed by atoms with Crippen molar-refractivity contribution in [2.24, 2.45) is 4.99 Å². The van der Waals surface area contributed by atoms with E-state index in [4.69, 9.17) is 20.8 Å². The van der Waals surface area contributed by atoms with Crippen molar-refractivity contribution >= 4 is 5.96 Å². The summed E-state index contributed by atoms with van der Waals surface area (Å²) in [6, 6.07) is 0. The molecular weight excluding hydrogens is 130 g/mol. The molecule has 0 aromatic carbocycles. The molecule has 0 unspecified atom stereocenters. The molecule has 0 atom stereocenters. The molecule has 0 saturated heterocycles. The van der Waals surface area contributed by atoms with E-state index in [2.05, 4.69) is 4.99 Å². The Kier molecular flexibility index (Phi) is 2.88. The standard InChI is InChI=1S/C2H7N3O4/c1-3-2(4(6)7)5(8)9/h6-9H,1H3. The highest BCUT2D eigenvalue weighted by molar-refractivity contribution is 5.75. The number of rotatable bonds is 0. The first-order valence-electron chi connectivity index (χ1n) is 1.92. The van der Waals surface area contributed by atoms with Gasteiger partial charge in [0.05, 0.1) is 0 Å². The predicted molar refractivity (Wildman–Crippen MR) is 24.2 cm³/mol. The summed E-state index contributed by atoms with van der Waals surface area (Å²) >= 11 is 0. The predicted octanol–water partition coefficient (Wildman–Crippen LogP) is -0.867. The number of hydrogen-bond donors (Lipinski definition) is 4. The molecule has 0 aliphatic heterocycles. The fourth-order valence-electron chi connectivity index (χ4n) is 0.259. The van der Waals surface area contributed by atoms with Crippen LogP contribution in [0.4, 0.5) is 0 Å². The van der Waals surface area contributed by atoms with Crippen LogP contribution in [0.1, 0.15) is 0 Å². The van der Waals surface area contributed by atoms with Crippen molar-refractivity contribution in [2.75, 3.05) is 7.05 Å². The van der Waals surface area contributed by atoms with E-state index in [1.54, 1.807) is 0 Å². The van der Waals surface area contributed by atoms with Gasteiger partial charge in [0, 0.05) is 7.05 Å². The summed E-state index contributed by atoms with van der Waals surface area (Å²) in [5.41, 5.74) is 0. The molecule has 0 bridgehead atoms. The van der Waals surface area contributed by atoms with Gasteiger partial charge < -0.3 is 0 Å². The summed E-state index contributed by atoms with van der Waals surface area (Å²) in [6.45, 7) is 0. The van der Waals surface area contributed by atoms with Crippen LogP contribution in [0.5, 0.6) is 0 Å². The van der Waals surface area contributed by atoms with E-state index in [9.17, 15) is 0 Å². The van der Waals surface area contributed by atoms with Crippen molar-refractivity contribution in [3.05, 3.63) is 0 Å². The van der Waals surface area contributed by atoms with E-state index in [0.717, 1.165) is 7.05 Å². The molecule has 4 N–H and O–H groups in total. The van der Waals surface area contributed by atoms with Crippen molar-refractivity contribution in [2.45, 2.75) is 0 Å². The van der Waals surface area contributed by atoms with Crippen LogP contribution < -0.4 is 0 Å². The van der Waals surface area contributed by atoms with Crippen molar-refractivity contribution < 1.29 is 20.8 Å². The fourth-order valence-corrected chi connectivity index (χ4v) is 0.259. The summed E-state index contributed by atoms with van der Waals surface area (Å²) in [7, 11) is 1.15. The lowest BCUT2D eigenvalue weighted by Gasteiger charge is -2.12. The maximum atomic E-state index is 8.08. The van der Waals surface area contributed by atoms with Gasteiger partial charge in [-0.05, 0) is 0 Å². The second-order valence-electron chi connectivity index (χ2n) is 1.10. The van der Waals surface area contributed by atoms with E-state index in [-0.39, 0.29) is 0 Å². The van der Waals surface area contributed by atoms with Gasteiger partial charge in [-0.15, -0.1) is 0 Å². The molecule has 0 aliphatic rings. The average Bonchev–Trinajstić information content (AvgIpc) is 1.64. The van der Waals surface area contributed by atoms with E-state index >= 15 is 0 Å². The first kappa shape index (κ1) is 8.11. The average molecular weight is 137 g/mol. The SMILES string of the molecule is CN=C(N(O)O)N(O)O. The summed E-state index contributed by atoms with van der Waals surface area (Å²) in [5, 5.41) is 31.3. The first-order chi connectivity index (χ1) is 4.09. The molecule has 54 valence electrons. The summed E-state index contributed by atoms with van der Waals surface area (Å²) in [4.78, 5) is 3.06. The Hall–Kier alpha value is -0.890. The number of hydrogen-bond acceptors (Lipinski definition) is 5. The maximum Gasteiger partial charge on any atom is 0.299 e. The van der Waals surface area contributed by atoms with E-state index in [0.29, 0.717) is 0 Å². The van der Waals surface area contributed by atoms with E-state index < -0.39 is 16.4 Å². The van der Waals surface area contributed by atoms with Crippen LogP contribution in [0.3, 0.4) is 0 Å². The topological polar surface area (TPSA) is 99.8 Å². The van der Waals surface area contributed by atoms with Crippen molar-refractivity contribution in [1.29, 1.82) is 0 Å². The third-order valence-electron chi connectivity index (χ3n) is 0.558. The molecule has 0 radical (unpaired) electrons. The minimum Gasteiger partial charge on any atom is -0.261 e. The lowest BCUT2D eigenvalue weighted by Crippen LogP contribution is -2.36. The zero-order valence-electron chi connectivity index (χ0n) is 4.63. The van der Waals surface area contributed by atoms with Crippen molar-refractivity contribution in [3.63, 3.8) is 0 Å². The zero-order chi connectivity index (χ0) is 7.44. The minimum absolute atomic E-state index is 0.528. The van der Waals surface area contributed by atoms with Gasteiger partial charge in [-0.25, -0.2) is 4.99 Å². The normalized spacial score (nSPS) is 8.56. The maximum absolute atomic E-state index is 8.08. The minimum atomic E-state index is -0.796. The lowest BCUT2D eigenvalue weighted by molar-refractivity contribution is -0.311.